The normalized spacial score (nSPS) is 12.9. The zero-order valence-electron chi connectivity index (χ0n) is 22.0. The maximum Gasteiger partial charge on any atom is 0.408 e. The molecule has 1 aromatic rings. The average molecular weight is 491 g/mol. The fraction of sp³-hybridized carbons (Fsp3) is 0.615. The first kappa shape index (κ1) is 29.9. The lowest BCUT2D eigenvalue weighted by molar-refractivity contribution is -0.142. The summed E-state index contributed by atoms with van der Waals surface area (Å²) in [5.41, 5.74) is 6.18. The predicted octanol–water partition coefficient (Wildman–Crippen LogP) is 3.35. The molecule has 0 spiro atoms. The Balaban J connectivity index is 3.38. The predicted molar refractivity (Wildman–Crippen MR) is 135 cm³/mol. The molecule has 0 fully saturated rings. The summed E-state index contributed by atoms with van der Waals surface area (Å²) in [7, 11) is 0. The quantitative estimate of drug-likeness (QED) is 0.365. The van der Waals surface area contributed by atoms with Crippen LogP contribution in [-0.2, 0) is 19.1 Å². The summed E-state index contributed by atoms with van der Waals surface area (Å²) in [6, 6.07) is 5.47. The van der Waals surface area contributed by atoms with E-state index >= 15 is 0 Å². The molecule has 0 saturated heterocycles. The van der Waals surface area contributed by atoms with Crippen LogP contribution in [0.3, 0.4) is 0 Å². The molecule has 9 nitrogen and oxygen atoms in total. The third-order valence-corrected chi connectivity index (χ3v) is 5.16. The molecule has 196 valence electrons. The largest absolute Gasteiger partial charge is 0.444 e. The SMILES string of the molecule is CCCCNC(=O)C(c1cccc(C)c1)N(CCC)C(=O)C(CCC(N)=O)NC(=O)OC(C)(C)C. The number of nitrogens with zero attached hydrogens (tertiary/aromatic N) is 1. The van der Waals surface area contributed by atoms with Crippen LogP contribution < -0.4 is 16.4 Å². The van der Waals surface area contributed by atoms with E-state index < -0.39 is 35.6 Å². The topological polar surface area (TPSA) is 131 Å². The van der Waals surface area contributed by atoms with Gasteiger partial charge in [0.1, 0.15) is 17.7 Å². The number of hydrogen-bond donors (Lipinski definition) is 3. The van der Waals surface area contributed by atoms with Gasteiger partial charge in [-0.1, -0.05) is 50.1 Å². The average Bonchev–Trinajstić information content (AvgIpc) is 2.74. The van der Waals surface area contributed by atoms with Crippen molar-refractivity contribution >= 4 is 23.8 Å². The number of rotatable bonds is 13. The highest BCUT2D eigenvalue weighted by Crippen LogP contribution is 2.24. The van der Waals surface area contributed by atoms with E-state index in [1.54, 1.807) is 20.8 Å². The number of unbranched alkanes of at least 4 members (excludes halogenated alkanes) is 1. The van der Waals surface area contributed by atoms with E-state index in [1.165, 1.54) is 4.90 Å². The highest BCUT2D eigenvalue weighted by atomic mass is 16.6. The summed E-state index contributed by atoms with van der Waals surface area (Å²) in [6.07, 6.45) is 1.43. The number of amides is 4. The van der Waals surface area contributed by atoms with Gasteiger partial charge in [0, 0.05) is 19.5 Å². The van der Waals surface area contributed by atoms with E-state index in [2.05, 4.69) is 10.6 Å². The summed E-state index contributed by atoms with van der Waals surface area (Å²) < 4.78 is 5.32. The summed E-state index contributed by atoms with van der Waals surface area (Å²) in [6.45, 7) is 11.8. The maximum absolute atomic E-state index is 13.8. The number of nitrogens with two attached hydrogens (primary N) is 1. The molecule has 0 aliphatic rings. The van der Waals surface area contributed by atoms with Crippen molar-refractivity contribution in [3.63, 3.8) is 0 Å². The summed E-state index contributed by atoms with van der Waals surface area (Å²) in [5, 5.41) is 5.52. The van der Waals surface area contributed by atoms with Crippen LogP contribution in [-0.4, -0.2) is 53.4 Å². The van der Waals surface area contributed by atoms with Crippen LogP contribution in [0.15, 0.2) is 24.3 Å². The van der Waals surface area contributed by atoms with Gasteiger partial charge < -0.3 is 26.0 Å². The zero-order chi connectivity index (χ0) is 26.6. The molecule has 9 heteroatoms. The van der Waals surface area contributed by atoms with Crippen LogP contribution in [0.2, 0.25) is 0 Å². The highest BCUT2D eigenvalue weighted by molar-refractivity contribution is 5.92. The fourth-order valence-corrected chi connectivity index (χ4v) is 3.60. The van der Waals surface area contributed by atoms with Crippen LogP contribution >= 0.6 is 0 Å². The molecular weight excluding hydrogens is 448 g/mol. The first-order valence-electron chi connectivity index (χ1n) is 12.3. The lowest BCUT2D eigenvalue weighted by Gasteiger charge is -2.34. The van der Waals surface area contributed by atoms with E-state index in [0.29, 0.717) is 18.5 Å². The second kappa shape index (κ2) is 14.3. The van der Waals surface area contributed by atoms with Crippen molar-refractivity contribution < 1.29 is 23.9 Å². The number of benzene rings is 1. The zero-order valence-corrected chi connectivity index (χ0v) is 22.0. The number of hydrogen-bond acceptors (Lipinski definition) is 5. The van der Waals surface area contributed by atoms with Crippen molar-refractivity contribution in [2.24, 2.45) is 5.73 Å². The molecule has 2 unspecified atom stereocenters. The Bertz CT molecular complexity index is 866. The molecule has 35 heavy (non-hydrogen) atoms. The molecule has 0 bridgehead atoms. The monoisotopic (exact) mass is 490 g/mol. The second-order valence-corrected chi connectivity index (χ2v) is 9.70. The van der Waals surface area contributed by atoms with Crippen molar-refractivity contribution in [1.29, 1.82) is 0 Å². The lowest BCUT2D eigenvalue weighted by atomic mass is 9.99. The minimum absolute atomic E-state index is 0.00832. The Morgan fingerprint density at radius 1 is 1.11 bits per heavy atom. The van der Waals surface area contributed by atoms with Crippen LogP contribution in [0.25, 0.3) is 0 Å². The number of nitrogens with one attached hydrogen (secondary N) is 2. The number of alkyl carbamates (subject to hydrolysis) is 1. The molecule has 4 amide bonds. The molecule has 0 aliphatic heterocycles. The van der Waals surface area contributed by atoms with Gasteiger partial charge in [0.2, 0.25) is 17.7 Å². The number of aryl methyl sites for hydroxylation is 1. The Labute approximate surface area is 209 Å². The minimum Gasteiger partial charge on any atom is -0.444 e. The van der Waals surface area contributed by atoms with Gasteiger partial charge in [-0.05, 0) is 52.5 Å². The fourth-order valence-electron chi connectivity index (χ4n) is 3.60. The van der Waals surface area contributed by atoms with Crippen LogP contribution in [0.1, 0.15) is 83.9 Å². The van der Waals surface area contributed by atoms with E-state index in [-0.39, 0.29) is 25.3 Å². The van der Waals surface area contributed by atoms with Crippen LogP contribution in [0.5, 0.6) is 0 Å². The van der Waals surface area contributed by atoms with E-state index in [4.69, 9.17) is 10.5 Å². The van der Waals surface area contributed by atoms with Gasteiger partial charge in [0.15, 0.2) is 0 Å². The molecule has 1 rings (SSSR count). The Kier molecular flexibility index (Phi) is 12.3. The van der Waals surface area contributed by atoms with Crippen LogP contribution in [0.4, 0.5) is 4.79 Å². The standard InChI is InChI=1S/C26H42N4O5/c1-7-9-15-28-23(32)22(19-12-10-11-18(3)17-19)30(16-8-2)24(33)20(13-14-21(27)31)29-25(34)35-26(4,5)6/h10-12,17,20,22H,7-9,13-16H2,1-6H3,(H2,27,31)(H,28,32)(H,29,34). The van der Waals surface area contributed by atoms with Gasteiger partial charge in [-0.2, -0.15) is 0 Å². The number of carbonyl (C=O) groups is 4. The molecule has 1 aromatic carbocycles. The smallest absolute Gasteiger partial charge is 0.408 e. The molecular formula is C26H42N4O5. The van der Waals surface area contributed by atoms with E-state index in [1.807, 2.05) is 45.0 Å². The van der Waals surface area contributed by atoms with Gasteiger partial charge >= 0.3 is 6.09 Å². The van der Waals surface area contributed by atoms with Crippen molar-refractivity contribution in [3.05, 3.63) is 35.4 Å². The Morgan fingerprint density at radius 2 is 1.80 bits per heavy atom. The summed E-state index contributed by atoms with van der Waals surface area (Å²) in [5.74, 6) is -1.36. The first-order valence-corrected chi connectivity index (χ1v) is 12.3. The third kappa shape index (κ3) is 10.8. The van der Waals surface area contributed by atoms with Crippen LogP contribution in [0, 0.1) is 6.92 Å². The van der Waals surface area contributed by atoms with Gasteiger partial charge in [0.25, 0.3) is 0 Å². The number of carbonyl (C=O) groups excluding carboxylic acids is 4. The van der Waals surface area contributed by atoms with Gasteiger partial charge in [-0.3, -0.25) is 14.4 Å². The van der Waals surface area contributed by atoms with Gasteiger partial charge in [-0.15, -0.1) is 0 Å². The molecule has 0 heterocycles. The highest BCUT2D eigenvalue weighted by Gasteiger charge is 2.36. The molecule has 0 radical (unpaired) electrons. The van der Waals surface area contributed by atoms with Crippen molar-refractivity contribution in [2.45, 2.75) is 91.3 Å². The number of primary amides is 1. The summed E-state index contributed by atoms with van der Waals surface area (Å²) in [4.78, 5) is 52.6. The van der Waals surface area contributed by atoms with E-state index in [9.17, 15) is 19.2 Å². The van der Waals surface area contributed by atoms with Crippen molar-refractivity contribution in [1.82, 2.24) is 15.5 Å². The second-order valence-electron chi connectivity index (χ2n) is 9.70. The van der Waals surface area contributed by atoms with Gasteiger partial charge in [0.05, 0.1) is 0 Å². The van der Waals surface area contributed by atoms with Gasteiger partial charge in [-0.25, -0.2) is 4.79 Å². The lowest BCUT2D eigenvalue weighted by Crippen LogP contribution is -2.53. The Hall–Kier alpha value is -3.10. The molecule has 2 atom stereocenters. The summed E-state index contributed by atoms with van der Waals surface area (Å²) >= 11 is 0. The molecule has 4 N–H and O–H groups in total. The molecule has 0 aromatic heterocycles. The molecule has 0 aliphatic carbocycles. The van der Waals surface area contributed by atoms with Crippen molar-refractivity contribution in [2.75, 3.05) is 13.1 Å². The Morgan fingerprint density at radius 3 is 2.34 bits per heavy atom. The first-order chi connectivity index (χ1) is 16.4. The minimum atomic E-state index is -1.08. The van der Waals surface area contributed by atoms with E-state index in [0.717, 1.165) is 18.4 Å². The molecule has 0 saturated carbocycles. The number of ether oxygens (including phenoxy) is 1. The van der Waals surface area contributed by atoms with Crippen molar-refractivity contribution in [3.8, 4) is 0 Å². The third-order valence-electron chi connectivity index (χ3n) is 5.16. The maximum atomic E-state index is 13.8.